The fourth-order valence-corrected chi connectivity index (χ4v) is 1.85. The van der Waals surface area contributed by atoms with Crippen LogP contribution in [0.25, 0.3) is 11.0 Å². The van der Waals surface area contributed by atoms with E-state index in [4.69, 9.17) is 20.8 Å². The number of anilines is 2. The van der Waals surface area contributed by atoms with E-state index in [1.165, 1.54) is 0 Å². The molecule has 0 atom stereocenters. The van der Waals surface area contributed by atoms with E-state index in [0.29, 0.717) is 12.4 Å². The maximum Gasteiger partial charge on any atom is 0.145 e. The van der Waals surface area contributed by atoms with Crippen LogP contribution in [0.15, 0.2) is 12.1 Å². The third-order valence-corrected chi connectivity index (χ3v) is 2.74. The molecule has 0 fully saturated rings. The van der Waals surface area contributed by atoms with Crippen LogP contribution in [0.4, 0.5) is 11.6 Å². The minimum absolute atomic E-state index is 0.0314. The molecule has 0 spiro atoms. The molecular formula is C11H18N4O3. The molecule has 2 aromatic rings. The standard InChI is InChI=1S/C11H18N4O3/c1-14-8-7-11(13-2-3-16)15(18-5-4-17)9(8)6-10(14)12/h6-7,13,16-17H,2-5,12H2,1H3. The van der Waals surface area contributed by atoms with Gasteiger partial charge in [-0.1, -0.05) is 0 Å². The normalized spacial score (nSPS) is 11.1. The zero-order chi connectivity index (χ0) is 13.1. The molecule has 18 heavy (non-hydrogen) atoms. The van der Waals surface area contributed by atoms with Gasteiger partial charge in [0.15, 0.2) is 0 Å². The van der Waals surface area contributed by atoms with Gasteiger partial charge in [0.2, 0.25) is 0 Å². The van der Waals surface area contributed by atoms with Gasteiger partial charge in [0.25, 0.3) is 0 Å². The molecule has 0 aliphatic heterocycles. The van der Waals surface area contributed by atoms with E-state index in [1.807, 2.05) is 17.7 Å². The van der Waals surface area contributed by atoms with Crippen molar-refractivity contribution >= 4 is 22.7 Å². The average molecular weight is 254 g/mol. The van der Waals surface area contributed by atoms with Gasteiger partial charge in [-0.15, -0.1) is 0 Å². The van der Waals surface area contributed by atoms with Crippen molar-refractivity contribution in [3.05, 3.63) is 12.1 Å². The molecule has 0 unspecified atom stereocenters. The second-order valence-corrected chi connectivity index (χ2v) is 3.93. The quantitative estimate of drug-likeness (QED) is 0.551. The maximum atomic E-state index is 8.84. The summed E-state index contributed by atoms with van der Waals surface area (Å²) in [4.78, 5) is 5.46. The molecule has 2 heterocycles. The van der Waals surface area contributed by atoms with Crippen LogP contribution in [0.1, 0.15) is 0 Å². The Morgan fingerprint density at radius 1 is 1.28 bits per heavy atom. The van der Waals surface area contributed by atoms with Gasteiger partial charge in [-0.3, -0.25) is 0 Å². The highest BCUT2D eigenvalue weighted by Crippen LogP contribution is 2.26. The van der Waals surface area contributed by atoms with Crippen LogP contribution in [-0.4, -0.2) is 45.9 Å². The molecule has 7 nitrogen and oxygen atoms in total. The Balaban J connectivity index is 2.41. The summed E-state index contributed by atoms with van der Waals surface area (Å²) in [5.74, 6) is 1.35. The Bertz CT molecular complexity index is 532. The van der Waals surface area contributed by atoms with Crippen molar-refractivity contribution in [2.45, 2.75) is 0 Å². The largest absolute Gasteiger partial charge is 0.409 e. The summed E-state index contributed by atoms with van der Waals surface area (Å²) in [5.41, 5.74) is 7.57. The second kappa shape index (κ2) is 5.19. The summed E-state index contributed by atoms with van der Waals surface area (Å²) in [7, 11) is 1.86. The van der Waals surface area contributed by atoms with E-state index in [1.54, 1.807) is 10.8 Å². The maximum absolute atomic E-state index is 8.84. The van der Waals surface area contributed by atoms with E-state index < -0.39 is 0 Å². The van der Waals surface area contributed by atoms with Crippen molar-refractivity contribution in [1.29, 1.82) is 0 Å². The van der Waals surface area contributed by atoms with Gasteiger partial charge in [-0.2, -0.15) is 4.73 Å². The Morgan fingerprint density at radius 2 is 2.06 bits per heavy atom. The number of nitrogens with one attached hydrogen (secondary N) is 1. The lowest BCUT2D eigenvalue weighted by Crippen LogP contribution is -2.18. The molecule has 7 heteroatoms. The number of fused-ring (bicyclic) bond motifs is 1. The first-order valence-corrected chi connectivity index (χ1v) is 5.74. The van der Waals surface area contributed by atoms with E-state index in [0.717, 1.165) is 16.9 Å². The number of nitrogen functional groups attached to an aromatic ring is 1. The second-order valence-electron chi connectivity index (χ2n) is 3.93. The molecule has 2 rings (SSSR count). The number of rotatable bonds is 6. The molecular weight excluding hydrogens is 236 g/mol. The summed E-state index contributed by atoms with van der Waals surface area (Å²) in [5, 5.41) is 20.7. The minimum Gasteiger partial charge on any atom is -0.409 e. The van der Waals surface area contributed by atoms with Crippen LogP contribution in [0.3, 0.4) is 0 Å². The van der Waals surface area contributed by atoms with Gasteiger partial charge in [-0.05, 0) is 0 Å². The number of nitrogens with two attached hydrogens (primary N) is 1. The third kappa shape index (κ3) is 2.09. The van der Waals surface area contributed by atoms with Crippen molar-refractivity contribution in [1.82, 2.24) is 9.30 Å². The van der Waals surface area contributed by atoms with E-state index in [-0.39, 0.29) is 19.8 Å². The predicted octanol–water partition coefficient (Wildman–Crippen LogP) is -0.613. The zero-order valence-electron chi connectivity index (χ0n) is 10.3. The van der Waals surface area contributed by atoms with Gasteiger partial charge in [0.1, 0.15) is 23.8 Å². The molecule has 0 saturated carbocycles. The first-order chi connectivity index (χ1) is 8.69. The van der Waals surface area contributed by atoms with Crippen molar-refractivity contribution in [2.75, 3.05) is 37.4 Å². The van der Waals surface area contributed by atoms with Crippen LogP contribution in [0.2, 0.25) is 0 Å². The minimum atomic E-state index is -0.0680. The summed E-state index contributed by atoms with van der Waals surface area (Å²) >= 11 is 0. The Morgan fingerprint density at radius 3 is 2.72 bits per heavy atom. The number of aliphatic hydroxyl groups is 2. The Kier molecular flexibility index (Phi) is 3.63. The number of hydrogen-bond donors (Lipinski definition) is 4. The van der Waals surface area contributed by atoms with E-state index in [9.17, 15) is 0 Å². The van der Waals surface area contributed by atoms with Gasteiger partial charge < -0.3 is 30.7 Å². The first kappa shape index (κ1) is 12.6. The van der Waals surface area contributed by atoms with Crippen molar-refractivity contribution in [3.63, 3.8) is 0 Å². The Hall–Kier alpha value is -1.86. The summed E-state index contributed by atoms with van der Waals surface area (Å²) in [6.45, 7) is 0.575. The first-order valence-electron chi connectivity index (χ1n) is 5.74. The van der Waals surface area contributed by atoms with Crippen LogP contribution in [0, 0.1) is 0 Å². The van der Waals surface area contributed by atoms with Gasteiger partial charge in [0.05, 0.1) is 18.7 Å². The molecule has 2 aromatic heterocycles. The van der Waals surface area contributed by atoms with Crippen LogP contribution in [0.5, 0.6) is 0 Å². The van der Waals surface area contributed by atoms with Crippen LogP contribution < -0.4 is 15.9 Å². The fourth-order valence-electron chi connectivity index (χ4n) is 1.85. The summed E-state index contributed by atoms with van der Waals surface area (Å²) < 4.78 is 3.43. The van der Waals surface area contributed by atoms with Crippen molar-refractivity contribution in [3.8, 4) is 0 Å². The fraction of sp³-hybridized carbons (Fsp3) is 0.455. The highest BCUT2D eigenvalue weighted by molar-refractivity contribution is 5.86. The number of hydrogen-bond acceptors (Lipinski definition) is 5. The van der Waals surface area contributed by atoms with Gasteiger partial charge in [0, 0.05) is 25.7 Å². The lowest BCUT2D eigenvalue weighted by atomic mass is 10.5. The number of aromatic nitrogens is 2. The summed E-state index contributed by atoms with van der Waals surface area (Å²) in [6.07, 6.45) is 0. The molecule has 100 valence electrons. The SMILES string of the molecule is Cn1c(N)cc2c1cc(NCCO)n2OCCO. The zero-order valence-corrected chi connectivity index (χ0v) is 10.3. The monoisotopic (exact) mass is 254 g/mol. The number of aryl methyl sites for hydroxylation is 1. The lowest BCUT2D eigenvalue weighted by molar-refractivity contribution is 0.0862. The predicted molar refractivity (Wildman–Crippen MR) is 69.4 cm³/mol. The van der Waals surface area contributed by atoms with Crippen molar-refractivity contribution in [2.24, 2.45) is 7.05 Å². The van der Waals surface area contributed by atoms with Crippen LogP contribution >= 0.6 is 0 Å². The van der Waals surface area contributed by atoms with E-state index >= 15 is 0 Å². The number of aliphatic hydroxyl groups excluding tert-OH is 2. The molecule has 0 amide bonds. The smallest absolute Gasteiger partial charge is 0.145 e. The summed E-state index contributed by atoms with van der Waals surface area (Å²) in [6, 6.07) is 3.69. The number of nitrogens with zero attached hydrogens (tertiary/aromatic N) is 2. The van der Waals surface area contributed by atoms with Crippen molar-refractivity contribution < 1.29 is 15.1 Å². The molecule has 0 saturated heterocycles. The molecule has 0 aliphatic rings. The highest BCUT2D eigenvalue weighted by Gasteiger charge is 2.14. The van der Waals surface area contributed by atoms with Gasteiger partial charge >= 0.3 is 0 Å². The highest BCUT2D eigenvalue weighted by atomic mass is 16.7. The average Bonchev–Trinajstić information content (AvgIpc) is 2.83. The van der Waals surface area contributed by atoms with E-state index in [2.05, 4.69) is 5.32 Å². The molecule has 0 radical (unpaired) electrons. The van der Waals surface area contributed by atoms with Gasteiger partial charge in [-0.25, -0.2) is 0 Å². The topological polar surface area (TPSA) is 97.6 Å². The molecule has 0 aromatic carbocycles. The molecule has 5 N–H and O–H groups in total. The Labute approximate surface area is 104 Å². The lowest BCUT2D eigenvalue weighted by Gasteiger charge is -2.11. The molecule has 0 bridgehead atoms. The molecule has 0 aliphatic carbocycles. The van der Waals surface area contributed by atoms with Crippen LogP contribution in [-0.2, 0) is 7.05 Å². The third-order valence-electron chi connectivity index (χ3n) is 2.74.